The summed E-state index contributed by atoms with van der Waals surface area (Å²) < 4.78 is 5.12. The molecule has 0 radical (unpaired) electrons. The normalized spacial score (nSPS) is 18.6. The van der Waals surface area contributed by atoms with Crippen LogP contribution in [-0.4, -0.2) is 9.38 Å². The van der Waals surface area contributed by atoms with Crippen LogP contribution in [0.15, 0.2) is 42.5 Å². The van der Waals surface area contributed by atoms with E-state index >= 15 is 0 Å². The van der Waals surface area contributed by atoms with E-state index in [1.54, 1.807) is 0 Å². The highest BCUT2D eigenvalue weighted by atomic mass is 15.2. The summed E-state index contributed by atoms with van der Waals surface area (Å²) in [4.78, 5) is 5.22. The summed E-state index contributed by atoms with van der Waals surface area (Å²) in [7, 11) is 0. The van der Waals surface area contributed by atoms with Crippen molar-refractivity contribution < 1.29 is 4.57 Å². The van der Waals surface area contributed by atoms with Crippen molar-refractivity contribution in [2.24, 2.45) is 0 Å². The molecule has 1 aliphatic heterocycles. The number of hydrogen-bond acceptors (Lipinski definition) is 1. The van der Waals surface area contributed by atoms with E-state index in [1.807, 2.05) is 0 Å². The highest BCUT2D eigenvalue weighted by Gasteiger charge is 2.49. The number of rotatable bonds is 2. The van der Waals surface area contributed by atoms with Crippen LogP contribution in [-0.2, 0) is 11.0 Å². The lowest BCUT2D eigenvalue weighted by atomic mass is 9.73. The van der Waals surface area contributed by atoms with Crippen molar-refractivity contribution in [2.45, 2.75) is 71.3 Å². The monoisotopic (exact) mass is 372 g/mol. The molecule has 144 valence electrons. The summed E-state index contributed by atoms with van der Waals surface area (Å²) in [5.74, 6) is 1.58. The van der Waals surface area contributed by atoms with E-state index in [-0.39, 0.29) is 11.0 Å². The van der Waals surface area contributed by atoms with Gasteiger partial charge in [0.25, 0.3) is 5.65 Å². The molecule has 2 aromatic carbocycles. The van der Waals surface area contributed by atoms with Gasteiger partial charge in [-0.15, -0.1) is 0 Å². The minimum absolute atomic E-state index is 0.0477. The molecule has 1 unspecified atom stereocenters. The molecule has 0 N–H and O–H groups in total. The second-order valence-corrected chi connectivity index (χ2v) is 9.44. The lowest BCUT2D eigenvalue weighted by Gasteiger charge is -2.39. The zero-order chi connectivity index (χ0) is 19.8. The Morgan fingerprint density at radius 1 is 1.04 bits per heavy atom. The lowest BCUT2D eigenvalue weighted by molar-refractivity contribution is -0.725. The average molecular weight is 373 g/mol. The predicted molar refractivity (Wildman–Crippen MR) is 116 cm³/mol. The van der Waals surface area contributed by atoms with Gasteiger partial charge in [0, 0.05) is 11.3 Å². The first kappa shape index (κ1) is 17.7. The quantitative estimate of drug-likeness (QED) is 0.404. The summed E-state index contributed by atoms with van der Waals surface area (Å²) in [5.41, 5.74) is 6.52. The maximum atomic E-state index is 5.22. The van der Waals surface area contributed by atoms with E-state index in [4.69, 9.17) is 4.98 Å². The van der Waals surface area contributed by atoms with Gasteiger partial charge >= 0.3 is 0 Å². The van der Waals surface area contributed by atoms with E-state index in [2.05, 4.69) is 93.0 Å². The number of aromatic nitrogens is 3. The van der Waals surface area contributed by atoms with Crippen molar-refractivity contribution in [2.75, 3.05) is 0 Å². The van der Waals surface area contributed by atoms with Crippen molar-refractivity contribution in [3.8, 4) is 0 Å². The molecule has 3 heterocycles. The number of imidazole rings is 1. The van der Waals surface area contributed by atoms with Crippen molar-refractivity contribution >= 4 is 27.6 Å². The fourth-order valence-corrected chi connectivity index (χ4v) is 5.64. The highest BCUT2D eigenvalue weighted by Crippen LogP contribution is 2.46. The molecule has 0 fully saturated rings. The molecule has 1 aliphatic rings. The van der Waals surface area contributed by atoms with Gasteiger partial charge in [0.15, 0.2) is 11.0 Å². The summed E-state index contributed by atoms with van der Waals surface area (Å²) in [6, 6.07) is 15.6. The van der Waals surface area contributed by atoms with Gasteiger partial charge in [-0.3, -0.25) is 0 Å². The van der Waals surface area contributed by atoms with Crippen LogP contribution in [0.2, 0.25) is 0 Å². The number of para-hydroxylation sites is 2. The lowest BCUT2D eigenvalue weighted by Crippen LogP contribution is -2.60. The SMILES string of the molecule is CCC1(CC)C(C)c2cccc3nc(C(C)(C)C)n4c5ccccc5[n+]1c4c23. The number of nitrogens with zero attached hydrogens (tertiary/aromatic N) is 3. The zero-order valence-corrected chi connectivity index (χ0v) is 17.9. The second kappa shape index (κ2) is 5.56. The Hall–Kier alpha value is -2.42. The van der Waals surface area contributed by atoms with Crippen molar-refractivity contribution in [1.82, 2.24) is 9.38 Å². The van der Waals surface area contributed by atoms with E-state index in [0.717, 1.165) is 24.2 Å². The Morgan fingerprint density at radius 3 is 2.43 bits per heavy atom. The molecule has 0 saturated carbocycles. The number of benzene rings is 2. The number of fused-ring (bicyclic) bond motifs is 3. The summed E-state index contributed by atoms with van der Waals surface area (Å²) in [5, 5.41) is 1.33. The summed E-state index contributed by atoms with van der Waals surface area (Å²) in [6.07, 6.45) is 2.23. The first-order valence-electron chi connectivity index (χ1n) is 10.6. The molecule has 1 atom stereocenters. The molecule has 0 bridgehead atoms. The summed E-state index contributed by atoms with van der Waals surface area (Å²) in [6.45, 7) is 13.9. The van der Waals surface area contributed by atoms with Gasteiger partial charge in [-0.2, -0.15) is 4.40 Å². The van der Waals surface area contributed by atoms with E-state index < -0.39 is 0 Å². The van der Waals surface area contributed by atoms with Gasteiger partial charge < -0.3 is 0 Å². The molecule has 2 aromatic heterocycles. The van der Waals surface area contributed by atoms with Crippen LogP contribution in [0.3, 0.4) is 0 Å². The Labute approximate surface area is 167 Å². The fourth-order valence-electron chi connectivity index (χ4n) is 5.64. The number of hydrogen-bond donors (Lipinski definition) is 0. The third-order valence-corrected chi connectivity index (χ3v) is 7.14. The van der Waals surface area contributed by atoms with Crippen molar-refractivity contribution in [3.05, 3.63) is 53.9 Å². The first-order valence-corrected chi connectivity index (χ1v) is 10.6. The van der Waals surface area contributed by atoms with E-state index in [9.17, 15) is 0 Å². The smallest absolute Gasteiger partial charge is 0.216 e. The van der Waals surface area contributed by atoms with Gasteiger partial charge in [0.2, 0.25) is 5.82 Å². The third kappa shape index (κ3) is 1.95. The van der Waals surface area contributed by atoms with Gasteiger partial charge in [-0.05, 0) is 36.6 Å². The fraction of sp³-hybridized carbons (Fsp3) is 0.440. The molecule has 3 heteroatoms. The summed E-state index contributed by atoms with van der Waals surface area (Å²) >= 11 is 0. The van der Waals surface area contributed by atoms with Crippen molar-refractivity contribution in [1.29, 1.82) is 0 Å². The van der Waals surface area contributed by atoms with Crippen LogP contribution >= 0.6 is 0 Å². The predicted octanol–water partition coefficient (Wildman–Crippen LogP) is 5.86. The maximum absolute atomic E-state index is 5.22. The molecule has 0 saturated heterocycles. The molecule has 4 aromatic rings. The van der Waals surface area contributed by atoms with Gasteiger partial charge in [0.1, 0.15) is 5.54 Å². The molecule has 0 spiro atoms. The Bertz CT molecular complexity index is 1240. The average Bonchev–Trinajstić information content (AvgIpc) is 3.03. The van der Waals surface area contributed by atoms with Crippen LogP contribution in [0.5, 0.6) is 0 Å². The Morgan fingerprint density at radius 2 is 1.75 bits per heavy atom. The molecule has 0 aliphatic carbocycles. The Balaban J connectivity index is 2.18. The van der Waals surface area contributed by atoms with Gasteiger partial charge in [-0.25, -0.2) is 9.55 Å². The van der Waals surface area contributed by atoms with Crippen LogP contribution in [0.1, 0.15) is 71.7 Å². The minimum Gasteiger partial charge on any atom is -0.216 e. The van der Waals surface area contributed by atoms with Crippen LogP contribution < -0.4 is 4.57 Å². The van der Waals surface area contributed by atoms with Crippen molar-refractivity contribution in [3.63, 3.8) is 0 Å². The second-order valence-electron chi connectivity index (χ2n) is 9.44. The van der Waals surface area contributed by atoms with Gasteiger partial charge in [-0.1, -0.05) is 65.8 Å². The third-order valence-electron chi connectivity index (χ3n) is 7.14. The van der Waals surface area contributed by atoms with E-state index in [0.29, 0.717) is 5.92 Å². The highest BCUT2D eigenvalue weighted by molar-refractivity contribution is 5.97. The minimum atomic E-state index is -0.0477. The van der Waals surface area contributed by atoms with Crippen LogP contribution in [0.25, 0.3) is 27.6 Å². The van der Waals surface area contributed by atoms with Crippen LogP contribution in [0.4, 0.5) is 0 Å². The van der Waals surface area contributed by atoms with Gasteiger partial charge in [0.05, 0.1) is 10.9 Å². The Kier molecular flexibility index (Phi) is 3.51. The largest absolute Gasteiger partial charge is 0.299 e. The van der Waals surface area contributed by atoms with Crippen LogP contribution in [0, 0.1) is 0 Å². The molecule has 0 amide bonds. The topological polar surface area (TPSA) is 21.2 Å². The standard InChI is InChI=1S/C25H30N3/c1-7-25(8-2)16(3)17-12-11-13-18-21(17)22-27(23(26-18)24(4,5)6)19-14-9-10-15-20(19)28(22)25/h9-16H,7-8H2,1-6H3/q+1. The molecule has 5 rings (SSSR count). The molecule has 28 heavy (non-hydrogen) atoms. The first-order chi connectivity index (χ1) is 13.3. The molecular weight excluding hydrogens is 342 g/mol. The molecule has 3 nitrogen and oxygen atoms in total. The molecular formula is C25H30N3+. The van der Waals surface area contributed by atoms with E-state index in [1.165, 1.54) is 27.6 Å². The zero-order valence-electron chi connectivity index (χ0n) is 17.9. The maximum Gasteiger partial charge on any atom is 0.299 e.